The van der Waals surface area contributed by atoms with Gasteiger partial charge < -0.3 is 10.6 Å². The Labute approximate surface area is 169 Å². The van der Waals surface area contributed by atoms with Crippen LogP contribution < -0.4 is 10.6 Å². The molecule has 1 heterocycles. The smallest absolute Gasteiger partial charge is 0.191 e. The Kier molecular flexibility index (Phi) is 6.55. The molecule has 4 unspecified atom stereocenters. The fourth-order valence-electron chi connectivity index (χ4n) is 4.92. The van der Waals surface area contributed by atoms with Gasteiger partial charge in [0, 0.05) is 19.1 Å². The molecule has 4 fully saturated rings. The molecular weight excluding hydrogens is 449 g/mol. The molecule has 0 aromatic carbocycles. The number of guanidine groups is 1. The largest absolute Gasteiger partial charge is 0.356 e. The van der Waals surface area contributed by atoms with Gasteiger partial charge in [-0.05, 0) is 62.2 Å². The molecule has 1 saturated heterocycles. The molecule has 3 aliphatic carbocycles. The van der Waals surface area contributed by atoms with Gasteiger partial charge in [0.05, 0.1) is 11.5 Å². The third-order valence-corrected chi connectivity index (χ3v) is 8.51. The van der Waals surface area contributed by atoms with E-state index in [1.807, 2.05) is 0 Å². The molecule has 1 aliphatic heterocycles. The topological polar surface area (TPSA) is 70.6 Å². The number of rotatable bonds is 5. The van der Waals surface area contributed by atoms with Crippen LogP contribution in [0.2, 0.25) is 0 Å². The van der Waals surface area contributed by atoms with E-state index in [1.165, 1.54) is 44.9 Å². The third-order valence-electron chi connectivity index (χ3n) is 6.68. The summed E-state index contributed by atoms with van der Waals surface area (Å²) in [6.45, 7) is 1.65. The molecule has 3 saturated carbocycles. The number of nitrogens with zero attached hydrogens (tertiary/aromatic N) is 1. The molecule has 0 spiro atoms. The molecule has 4 aliphatic rings. The van der Waals surface area contributed by atoms with Gasteiger partial charge in [0.1, 0.15) is 0 Å². The number of hydrogen-bond donors (Lipinski definition) is 2. The van der Waals surface area contributed by atoms with Crippen LogP contribution in [-0.2, 0) is 9.84 Å². The fraction of sp³-hybridized carbons (Fsp3) is 0.944. The number of fused-ring (bicyclic) bond motifs is 2. The summed E-state index contributed by atoms with van der Waals surface area (Å²) >= 11 is 0. The van der Waals surface area contributed by atoms with Crippen molar-refractivity contribution in [3.63, 3.8) is 0 Å². The average Bonchev–Trinajstić information content (AvgIpc) is 3.18. The first-order valence-electron chi connectivity index (χ1n) is 9.83. The summed E-state index contributed by atoms with van der Waals surface area (Å²) in [7, 11) is -2.80. The molecule has 25 heavy (non-hydrogen) atoms. The van der Waals surface area contributed by atoms with E-state index in [2.05, 4.69) is 10.6 Å². The lowest BCUT2D eigenvalue weighted by molar-refractivity contribution is 0.312. The lowest BCUT2D eigenvalue weighted by Crippen LogP contribution is -2.47. The summed E-state index contributed by atoms with van der Waals surface area (Å²) < 4.78 is 23.3. The van der Waals surface area contributed by atoms with Gasteiger partial charge in [0.25, 0.3) is 0 Å². The standard InChI is InChI=1S/C18H31N3O2S.HI/c22-24(23)7-6-15(12-24)11-20-18(19-10-13-2-1-3-13)21-17-9-14-4-5-16(17)8-14;/h13-17H,1-12H2,(H2,19,20,21);1H. The Morgan fingerprint density at radius 2 is 1.88 bits per heavy atom. The monoisotopic (exact) mass is 481 g/mol. The second kappa shape index (κ2) is 8.31. The quantitative estimate of drug-likeness (QED) is 0.360. The summed E-state index contributed by atoms with van der Waals surface area (Å²) in [5.41, 5.74) is 0. The van der Waals surface area contributed by atoms with E-state index in [4.69, 9.17) is 4.99 Å². The maximum Gasteiger partial charge on any atom is 0.191 e. The molecule has 7 heteroatoms. The molecule has 2 bridgehead atoms. The van der Waals surface area contributed by atoms with Crippen LogP contribution >= 0.6 is 24.0 Å². The van der Waals surface area contributed by atoms with Gasteiger partial charge in [0.15, 0.2) is 15.8 Å². The Balaban J connectivity index is 0.00000182. The molecular formula is C18H32IN3O2S. The van der Waals surface area contributed by atoms with Crippen LogP contribution in [0.25, 0.3) is 0 Å². The van der Waals surface area contributed by atoms with Crippen LogP contribution in [0.15, 0.2) is 4.99 Å². The predicted molar refractivity (Wildman–Crippen MR) is 112 cm³/mol. The van der Waals surface area contributed by atoms with E-state index < -0.39 is 9.84 Å². The highest BCUT2D eigenvalue weighted by atomic mass is 127. The Morgan fingerprint density at radius 1 is 1.04 bits per heavy atom. The summed E-state index contributed by atoms with van der Waals surface area (Å²) in [5.74, 6) is 4.33. The molecule has 4 rings (SSSR count). The highest BCUT2D eigenvalue weighted by Crippen LogP contribution is 2.44. The first-order valence-corrected chi connectivity index (χ1v) is 11.6. The van der Waals surface area contributed by atoms with E-state index >= 15 is 0 Å². The van der Waals surface area contributed by atoms with E-state index in [0.29, 0.717) is 24.1 Å². The highest BCUT2D eigenvalue weighted by molar-refractivity contribution is 14.0. The zero-order chi connectivity index (χ0) is 16.6. The van der Waals surface area contributed by atoms with Crippen LogP contribution in [0.1, 0.15) is 51.4 Å². The van der Waals surface area contributed by atoms with Crippen molar-refractivity contribution in [3.05, 3.63) is 0 Å². The minimum Gasteiger partial charge on any atom is -0.356 e. The summed E-state index contributed by atoms with van der Waals surface area (Å²) in [6.07, 6.45) is 10.2. The maximum absolute atomic E-state index is 11.6. The Morgan fingerprint density at radius 3 is 2.44 bits per heavy atom. The Bertz CT molecular complexity index is 591. The normalized spacial score (nSPS) is 36.7. The third kappa shape index (κ3) is 5.02. The zero-order valence-electron chi connectivity index (χ0n) is 15.0. The maximum atomic E-state index is 11.6. The number of aliphatic imine (C=N–C) groups is 1. The van der Waals surface area contributed by atoms with Crippen molar-refractivity contribution in [2.75, 3.05) is 24.6 Å². The highest BCUT2D eigenvalue weighted by Gasteiger charge is 2.40. The van der Waals surface area contributed by atoms with Crippen molar-refractivity contribution < 1.29 is 8.42 Å². The van der Waals surface area contributed by atoms with Crippen LogP contribution in [0.4, 0.5) is 0 Å². The molecule has 0 aromatic rings. The van der Waals surface area contributed by atoms with Gasteiger partial charge in [-0.2, -0.15) is 0 Å². The first-order chi connectivity index (χ1) is 11.6. The van der Waals surface area contributed by atoms with Crippen molar-refractivity contribution in [3.8, 4) is 0 Å². The lowest BCUT2D eigenvalue weighted by Gasteiger charge is -2.29. The SMILES string of the molecule is I.O=S1(=O)CCC(CN=C(NCC2CCC2)NC2CC3CCC2C3)C1. The summed E-state index contributed by atoms with van der Waals surface area (Å²) in [4.78, 5) is 4.78. The van der Waals surface area contributed by atoms with Crippen molar-refractivity contribution in [1.29, 1.82) is 0 Å². The van der Waals surface area contributed by atoms with E-state index in [-0.39, 0.29) is 29.9 Å². The first kappa shape index (κ1) is 19.7. The lowest BCUT2D eigenvalue weighted by atomic mass is 9.85. The van der Waals surface area contributed by atoms with Crippen LogP contribution in [0.5, 0.6) is 0 Å². The van der Waals surface area contributed by atoms with Gasteiger partial charge in [-0.15, -0.1) is 24.0 Å². The number of sulfone groups is 1. The molecule has 0 radical (unpaired) electrons. The fourth-order valence-corrected chi connectivity index (χ4v) is 6.77. The number of nitrogens with one attached hydrogen (secondary N) is 2. The Hall–Kier alpha value is -0.0500. The molecule has 2 N–H and O–H groups in total. The minimum absolute atomic E-state index is 0. The molecule has 0 amide bonds. The van der Waals surface area contributed by atoms with Crippen LogP contribution in [-0.4, -0.2) is 45.0 Å². The molecule has 4 atom stereocenters. The van der Waals surface area contributed by atoms with Crippen LogP contribution in [0.3, 0.4) is 0 Å². The van der Waals surface area contributed by atoms with Gasteiger partial charge in [0.2, 0.25) is 0 Å². The van der Waals surface area contributed by atoms with E-state index in [1.54, 1.807) is 0 Å². The number of halogens is 1. The van der Waals surface area contributed by atoms with Crippen molar-refractivity contribution >= 4 is 39.8 Å². The molecule has 5 nitrogen and oxygen atoms in total. The van der Waals surface area contributed by atoms with Gasteiger partial charge in [-0.1, -0.05) is 12.8 Å². The minimum atomic E-state index is -2.80. The number of hydrogen-bond acceptors (Lipinski definition) is 3. The second-order valence-electron chi connectivity index (χ2n) is 8.56. The van der Waals surface area contributed by atoms with Crippen LogP contribution in [0, 0.1) is 23.7 Å². The van der Waals surface area contributed by atoms with Crippen molar-refractivity contribution in [2.45, 2.75) is 57.4 Å². The van der Waals surface area contributed by atoms with Crippen molar-refractivity contribution in [2.24, 2.45) is 28.7 Å². The van der Waals surface area contributed by atoms with Gasteiger partial charge >= 0.3 is 0 Å². The second-order valence-corrected chi connectivity index (χ2v) is 10.8. The predicted octanol–water partition coefficient (Wildman–Crippen LogP) is 2.56. The van der Waals surface area contributed by atoms with E-state index in [9.17, 15) is 8.42 Å². The zero-order valence-corrected chi connectivity index (χ0v) is 18.1. The molecule has 144 valence electrons. The summed E-state index contributed by atoms with van der Waals surface area (Å²) in [6, 6.07) is 0.573. The average molecular weight is 481 g/mol. The van der Waals surface area contributed by atoms with E-state index in [0.717, 1.165) is 36.7 Å². The van der Waals surface area contributed by atoms with Gasteiger partial charge in [-0.25, -0.2) is 8.42 Å². The molecule has 0 aromatic heterocycles. The van der Waals surface area contributed by atoms with Crippen molar-refractivity contribution in [1.82, 2.24) is 10.6 Å². The van der Waals surface area contributed by atoms with Gasteiger partial charge in [-0.3, -0.25) is 4.99 Å². The summed E-state index contributed by atoms with van der Waals surface area (Å²) in [5, 5.41) is 7.23.